The highest BCUT2D eigenvalue weighted by Crippen LogP contribution is 2.29. The molecule has 0 spiro atoms. The summed E-state index contributed by atoms with van der Waals surface area (Å²) in [4.78, 5) is 4.50. The first-order valence-electron chi connectivity index (χ1n) is 7.10. The molecule has 3 nitrogen and oxygen atoms in total. The second kappa shape index (κ2) is 5.63. The molecule has 2 aromatic rings. The Morgan fingerprint density at radius 3 is 2.95 bits per heavy atom. The Balaban J connectivity index is 1.81. The summed E-state index contributed by atoms with van der Waals surface area (Å²) in [5.41, 5.74) is 4.94. The van der Waals surface area contributed by atoms with Crippen LogP contribution in [0.3, 0.4) is 0 Å². The maximum absolute atomic E-state index is 5.57. The molecule has 1 aliphatic rings. The topological polar surface area (TPSA) is 34.2 Å². The summed E-state index contributed by atoms with van der Waals surface area (Å²) in [7, 11) is 2.00. The Morgan fingerprint density at radius 2 is 2.20 bits per heavy atom. The number of aryl methyl sites for hydroxylation is 1. The van der Waals surface area contributed by atoms with Crippen molar-refractivity contribution in [3.63, 3.8) is 0 Å². The van der Waals surface area contributed by atoms with Crippen molar-refractivity contribution in [2.45, 2.75) is 25.8 Å². The number of pyridine rings is 1. The standard InChI is InChI=1S/C17H20N2O/c1-12-3-5-15(19-11-12)10-16(18-2)13-4-6-17-14(9-13)7-8-20-17/h3-6,9,11,16,18H,7-8,10H2,1-2H3. The zero-order valence-corrected chi connectivity index (χ0v) is 12.0. The summed E-state index contributed by atoms with van der Waals surface area (Å²) >= 11 is 0. The zero-order chi connectivity index (χ0) is 13.9. The molecular weight excluding hydrogens is 248 g/mol. The highest BCUT2D eigenvalue weighted by atomic mass is 16.5. The Morgan fingerprint density at radius 1 is 1.30 bits per heavy atom. The maximum atomic E-state index is 5.57. The molecule has 0 radical (unpaired) electrons. The van der Waals surface area contributed by atoms with Crippen LogP contribution in [-0.2, 0) is 12.8 Å². The van der Waals surface area contributed by atoms with Gasteiger partial charge in [0.2, 0.25) is 0 Å². The maximum Gasteiger partial charge on any atom is 0.122 e. The molecule has 0 fully saturated rings. The summed E-state index contributed by atoms with van der Waals surface area (Å²) < 4.78 is 5.57. The van der Waals surface area contributed by atoms with Gasteiger partial charge in [-0.15, -0.1) is 0 Å². The van der Waals surface area contributed by atoms with Crippen LogP contribution in [0.5, 0.6) is 5.75 Å². The minimum Gasteiger partial charge on any atom is -0.493 e. The molecule has 0 saturated carbocycles. The quantitative estimate of drug-likeness (QED) is 0.926. The van der Waals surface area contributed by atoms with E-state index in [9.17, 15) is 0 Å². The monoisotopic (exact) mass is 268 g/mol. The lowest BCUT2D eigenvalue weighted by Crippen LogP contribution is -2.19. The van der Waals surface area contributed by atoms with E-state index in [1.54, 1.807) is 0 Å². The number of hydrogen-bond donors (Lipinski definition) is 1. The summed E-state index contributed by atoms with van der Waals surface area (Å²) in [5, 5.41) is 3.39. The smallest absolute Gasteiger partial charge is 0.122 e. The Bertz CT molecular complexity index is 592. The van der Waals surface area contributed by atoms with Gasteiger partial charge in [-0.25, -0.2) is 0 Å². The van der Waals surface area contributed by atoms with Gasteiger partial charge in [-0.3, -0.25) is 4.98 Å². The number of fused-ring (bicyclic) bond motifs is 1. The first-order valence-corrected chi connectivity index (χ1v) is 7.10. The van der Waals surface area contributed by atoms with Gasteiger partial charge in [0.1, 0.15) is 5.75 Å². The van der Waals surface area contributed by atoms with Crippen LogP contribution in [0.25, 0.3) is 0 Å². The number of aromatic nitrogens is 1. The highest BCUT2D eigenvalue weighted by molar-refractivity contribution is 5.41. The van der Waals surface area contributed by atoms with Gasteiger partial charge in [0.05, 0.1) is 6.61 Å². The third kappa shape index (κ3) is 2.68. The Labute approximate surface area is 120 Å². The fourth-order valence-corrected chi connectivity index (χ4v) is 2.64. The summed E-state index contributed by atoms with van der Waals surface area (Å²) in [5.74, 6) is 1.04. The number of nitrogens with zero attached hydrogens (tertiary/aromatic N) is 1. The lowest BCUT2D eigenvalue weighted by atomic mass is 9.98. The van der Waals surface area contributed by atoms with Crippen LogP contribution < -0.4 is 10.1 Å². The van der Waals surface area contributed by atoms with E-state index in [0.29, 0.717) is 0 Å². The van der Waals surface area contributed by atoms with Crippen molar-refractivity contribution in [2.75, 3.05) is 13.7 Å². The van der Waals surface area contributed by atoms with Gasteiger partial charge in [0, 0.05) is 30.8 Å². The van der Waals surface area contributed by atoms with E-state index < -0.39 is 0 Å². The predicted molar refractivity (Wildman–Crippen MR) is 80.1 cm³/mol. The van der Waals surface area contributed by atoms with Gasteiger partial charge in [0.25, 0.3) is 0 Å². The predicted octanol–water partition coefficient (Wildman–Crippen LogP) is 2.83. The molecule has 0 amide bonds. The Kier molecular flexibility index (Phi) is 3.70. The number of rotatable bonds is 4. The molecule has 3 heteroatoms. The van der Waals surface area contributed by atoms with Crippen molar-refractivity contribution >= 4 is 0 Å². The van der Waals surface area contributed by atoms with Crippen molar-refractivity contribution < 1.29 is 4.74 Å². The van der Waals surface area contributed by atoms with Crippen LogP contribution in [0.1, 0.15) is 28.4 Å². The van der Waals surface area contributed by atoms with Crippen LogP contribution in [-0.4, -0.2) is 18.6 Å². The van der Waals surface area contributed by atoms with E-state index in [4.69, 9.17) is 4.74 Å². The average Bonchev–Trinajstić information content (AvgIpc) is 2.94. The molecule has 1 aromatic heterocycles. The second-order valence-corrected chi connectivity index (χ2v) is 5.34. The van der Waals surface area contributed by atoms with Gasteiger partial charge >= 0.3 is 0 Å². The van der Waals surface area contributed by atoms with Crippen molar-refractivity contribution in [2.24, 2.45) is 0 Å². The number of hydrogen-bond acceptors (Lipinski definition) is 3. The van der Waals surface area contributed by atoms with Crippen molar-refractivity contribution in [1.29, 1.82) is 0 Å². The van der Waals surface area contributed by atoms with Crippen LogP contribution in [0.4, 0.5) is 0 Å². The number of ether oxygens (including phenoxy) is 1. The van der Waals surface area contributed by atoms with Gasteiger partial charge in [-0.05, 0) is 42.8 Å². The van der Waals surface area contributed by atoms with Crippen LogP contribution in [0, 0.1) is 6.92 Å². The van der Waals surface area contributed by atoms with E-state index >= 15 is 0 Å². The van der Waals surface area contributed by atoms with E-state index in [1.807, 2.05) is 13.2 Å². The van der Waals surface area contributed by atoms with E-state index in [1.165, 1.54) is 16.7 Å². The van der Waals surface area contributed by atoms with Gasteiger partial charge in [0.15, 0.2) is 0 Å². The molecule has 1 N–H and O–H groups in total. The molecule has 1 aliphatic heterocycles. The van der Waals surface area contributed by atoms with Crippen LogP contribution in [0.15, 0.2) is 36.5 Å². The van der Waals surface area contributed by atoms with Gasteiger partial charge < -0.3 is 10.1 Å². The molecule has 1 unspecified atom stereocenters. The summed E-state index contributed by atoms with van der Waals surface area (Å²) in [6, 6.07) is 11.0. The van der Waals surface area contributed by atoms with E-state index in [0.717, 1.165) is 30.9 Å². The SMILES string of the molecule is CNC(Cc1ccc(C)cn1)c1ccc2c(c1)CCO2. The molecule has 20 heavy (non-hydrogen) atoms. The second-order valence-electron chi connectivity index (χ2n) is 5.34. The summed E-state index contributed by atoms with van der Waals surface area (Å²) in [6.07, 6.45) is 3.84. The van der Waals surface area contributed by atoms with Crippen molar-refractivity contribution in [3.05, 3.63) is 58.9 Å². The first kappa shape index (κ1) is 13.1. The number of likely N-dealkylation sites (N-methyl/N-ethyl adjacent to an activating group) is 1. The number of benzene rings is 1. The minimum absolute atomic E-state index is 0.288. The zero-order valence-electron chi connectivity index (χ0n) is 12.0. The molecule has 1 aromatic carbocycles. The lowest BCUT2D eigenvalue weighted by Gasteiger charge is -2.17. The highest BCUT2D eigenvalue weighted by Gasteiger charge is 2.16. The lowest BCUT2D eigenvalue weighted by molar-refractivity contribution is 0.356. The number of nitrogens with one attached hydrogen (secondary N) is 1. The fraction of sp³-hybridized carbons (Fsp3) is 0.353. The molecule has 0 bridgehead atoms. The molecule has 0 aliphatic carbocycles. The molecule has 2 heterocycles. The van der Waals surface area contributed by atoms with Crippen molar-refractivity contribution in [3.8, 4) is 5.75 Å². The average molecular weight is 268 g/mol. The van der Waals surface area contributed by atoms with Crippen molar-refractivity contribution in [1.82, 2.24) is 10.3 Å². The molecule has 3 rings (SSSR count). The van der Waals surface area contributed by atoms with E-state index in [2.05, 4.69) is 47.6 Å². The Hall–Kier alpha value is -1.87. The van der Waals surface area contributed by atoms with E-state index in [-0.39, 0.29) is 6.04 Å². The fourth-order valence-electron chi connectivity index (χ4n) is 2.64. The minimum atomic E-state index is 0.288. The van der Waals surface area contributed by atoms with Crippen LogP contribution >= 0.6 is 0 Å². The molecule has 0 saturated heterocycles. The third-order valence-electron chi connectivity index (χ3n) is 3.85. The van der Waals surface area contributed by atoms with Crippen LogP contribution in [0.2, 0.25) is 0 Å². The van der Waals surface area contributed by atoms with Gasteiger partial charge in [-0.2, -0.15) is 0 Å². The normalized spacial score (nSPS) is 14.7. The van der Waals surface area contributed by atoms with Gasteiger partial charge in [-0.1, -0.05) is 18.2 Å². The molecule has 1 atom stereocenters. The molecular formula is C17H20N2O. The summed E-state index contributed by atoms with van der Waals surface area (Å²) in [6.45, 7) is 2.87. The molecule has 104 valence electrons. The third-order valence-corrected chi connectivity index (χ3v) is 3.85. The first-order chi connectivity index (χ1) is 9.76. The largest absolute Gasteiger partial charge is 0.493 e.